The standard InChI is InChI=1S/C18H13ClN6O5S2/c1-10(26)20-12-4-2-11(3-5-12)16-9-31-18-21-17(22-24(16)18)23-32(29,30)13-6-7-14(19)15(8-13)25(27)28/h2-9H,1H3,(H,20,26)(H,22,23). The molecule has 1 amide bonds. The van der Waals surface area contributed by atoms with Gasteiger partial charge in [0.25, 0.3) is 21.7 Å². The number of anilines is 2. The van der Waals surface area contributed by atoms with E-state index in [4.69, 9.17) is 11.6 Å². The Labute approximate surface area is 189 Å². The lowest BCUT2D eigenvalue weighted by Crippen LogP contribution is -2.14. The van der Waals surface area contributed by atoms with Crippen molar-refractivity contribution in [2.24, 2.45) is 0 Å². The number of carbonyl (C=O) groups is 1. The summed E-state index contributed by atoms with van der Waals surface area (Å²) < 4.78 is 29.0. The predicted molar refractivity (Wildman–Crippen MR) is 120 cm³/mol. The number of rotatable bonds is 6. The highest BCUT2D eigenvalue weighted by molar-refractivity contribution is 7.92. The van der Waals surface area contributed by atoms with E-state index in [2.05, 4.69) is 20.1 Å². The molecule has 2 aromatic carbocycles. The summed E-state index contributed by atoms with van der Waals surface area (Å²) in [6.07, 6.45) is 0. The number of nitrogens with one attached hydrogen (secondary N) is 2. The number of hydrogen-bond donors (Lipinski definition) is 2. The second-order valence-corrected chi connectivity index (χ2v) is 9.41. The van der Waals surface area contributed by atoms with Gasteiger partial charge in [-0.3, -0.25) is 14.9 Å². The van der Waals surface area contributed by atoms with Gasteiger partial charge in [0.1, 0.15) is 5.02 Å². The zero-order valence-electron chi connectivity index (χ0n) is 16.1. The number of fused-ring (bicyclic) bond motifs is 1. The quantitative estimate of drug-likeness (QED) is 0.307. The first-order valence-electron chi connectivity index (χ1n) is 8.83. The van der Waals surface area contributed by atoms with Gasteiger partial charge in [-0.2, -0.15) is 4.98 Å². The number of carbonyl (C=O) groups excluding carboxylic acids is 1. The summed E-state index contributed by atoms with van der Waals surface area (Å²) in [6.45, 7) is 1.41. The van der Waals surface area contributed by atoms with Crippen LogP contribution in [0.25, 0.3) is 16.2 Å². The van der Waals surface area contributed by atoms with Crippen molar-refractivity contribution >= 4 is 61.2 Å². The molecular formula is C18H13ClN6O5S2. The minimum atomic E-state index is -4.19. The van der Waals surface area contributed by atoms with Crippen LogP contribution in [0.1, 0.15) is 6.92 Å². The van der Waals surface area contributed by atoms with Crippen molar-refractivity contribution in [3.63, 3.8) is 0 Å². The molecule has 2 N–H and O–H groups in total. The minimum Gasteiger partial charge on any atom is -0.326 e. The van der Waals surface area contributed by atoms with Gasteiger partial charge < -0.3 is 5.32 Å². The second kappa shape index (κ2) is 8.18. The van der Waals surface area contributed by atoms with Crippen molar-refractivity contribution in [3.8, 4) is 11.3 Å². The number of aromatic nitrogens is 3. The van der Waals surface area contributed by atoms with Crippen molar-refractivity contribution in [3.05, 3.63) is 63.0 Å². The van der Waals surface area contributed by atoms with Gasteiger partial charge >= 0.3 is 0 Å². The van der Waals surface area contributed by atoms with E-state index in [1.54, 1.807) is 24.3 Å². The smallest absolute Gasteiger partial charge is 0.289 e. The van der Waals surface area contributed by atoms with Crippen LogP contribution in [0, 0.1) is 10.1 Å². The van der Waals surface area contributed by atoms with Crippen molar-refractivity contribution in [2.45, 2.75) is 11.8 Å². The molecule has 4 aromatic rings. The Kier molecular flexibility index (Phi) is 5.54. The van der Waals surface area contributed by atoms with Gasteiger partial charge in [-0.05, 0) is 24.3 Å². The molecular weight excluding hydrogens is 480 g/mol. The van der Waals surface area contributed by atoms with E-state index in [0.29, 0.717) is 16.3 Å². The van der Waals surface area contributed by atoms with Crippen LogP contribution in [0.5, 0.6) is 0 Å². The molecule has 2 aromatic heterocycles. The van der Waals surface area contributed by atoms with Crippen LogP contribution in [0.15, 0.2) is 52.7 Å². The molecule has 0 fully saturated rings. The maximum Gasteiger partial charge on any atom is 0.289 e. The summed E-state index contributed by atoms with van der Waals surface area (Å²) in [5.41, 5.74) is 1.55. The SMILES string of the molecule is CC(=O)Nc1ccc(-c2csc3nc(NS(=O)(=O)c4ccc(Cl)c([N+](=O)[O-])c4)nn23)cc1. The molecule has 0 aliphatic rings. The van der Waals surface area contributed by atoms with Crippen molar-refractivity contribution in [1.29, 1.82) is 0 Å². The number of thiazole rings is 1. The molecule has 32 heavy (non-hydrogen) atoms. The van der Waals surface area contributed by atoms with E-state index in [9.17, 15) is 23.3 Å². The zero-order valence-corrected chi connectivity index (χ0v) is 18.5. The molecule has 14 heteroatoms. The summed E-state index contributed by atoms with van der Waals surface area (Å²) in [6, 6.07) is 10.2. The fourth-order valence-electron chi connectivity index (χ4n) is 2.83. The molecule has 0 aliphatic heterocycles. The lowest BCUT2D eigenvalue weighted by Gasteiger charge is -2.05. The third-order valence-electron chi connectivity index (χ3n) is 4.23. The summed E-state index contributed by atoms with van der Waals surface area (Å²) in [5, 5.41) is 19.6. The van der Waals surface area contributed by atoms with E-state index < -0.39 is 20.6 Å². The normalized spacial score (nSPS) is 11.4. The lowest BCUT2D eigenvalue weighted by molar-refractivity contribution is -0.384. The van der Waals surface area contributed by atoms with E-state index in [0.717, 1.165) is 23.8 Å². The third kappa shape index (κ3) is 4.26. The van der Waals surface area contributed by atoms with E-state index in [-0.39, 0.29) is 21.8 Å². The summed E-state index contributed by atoms with van der Waals surface area (Å²) in [4.78, 5) is 25.7. The summed E-state index contributed by atoms with van der Waals surface area (Å²) >= 11 is 7.00. The van der Waals surface area contributed by atoms with Crippen LogP contribution in [-0.4, -0.2) is 33.8 Å². The number of nitro benzene ring substituents is 1. The molecule has 0 saturated carbocycles. The maximum absolute atomic E-state index is 12.7. The van der Waals surface area contributed by atoms with Crippen molar-refractivity contribution < 1.29 is 18.1 Å². The lowest BCUT2D eigenvalue weighted by atomic mass is 10.1. The molecule has 0 atom stereocenters. The zero-order chi connectivity index (χ0) is 23.0. The Morgan fingerprint density at radius 1 is 1.22 bits per heavy atom. The van der Waals surface area contributed by atoms with Crippen LogP contribution >= 0.6 is 22.9 Å². The molecule has 0 aliphatic carbocycles. The Bertz CT molecular complexity index is 1460. The van der Waals surface area contributed by atoms with Crippen LogP contribution in [-0.2, 0) is 14.8 Å². The van der Waals surface area contributed by atoms with Crippen LogP contribution < -0.4 is 10.0 Å². The molecule has 164 valence electrons. The highest BCUT2D eigenvalue weighted by Crippen LogP contribution is 2.29. The van der Waals surface area contributed by atoms with Gasteiger partial charge in [0.2, 0.25) is 10.9 Å². The Morgan fingerprint density at radius 2 is 1.94 bits per heavy atom. The predicted octanol–water partition coefficient (Wildman–Crippen LogP) is 3.78. The highest BCUT2D eigenvalue weighted by atomic mass is 35.5. The number of hydrogen-bond acceptors (Lipinski definition) is 8. The number of halogens is 1. The first kappa shape index (κ1) is 21.7. The molecule has 0 bridgehead atoms. The van der Waals surface area contributed by atoms with E-state index in [1.165, 1.54) is 22.8 Å². The molecule has 0 unspecified atom stereocenters. The van der Waals surface area contributed by atoms with Gasteiger partial charge in [-0.25, -0.2) is 17.7 Å². The number of sulfonamides is 1. The highest BCUT2D eigenvalue weighted by Gasteiger charge is 2.23. The van der Waals surface area contributed by atoms with Crippen molar-refractivity contribution in [2.75, 3.05) is 10.0 Å². The average molecular weight is 493 g/mol. The van der Waals surface area contributed by atoms with Gasteiger partial charge in [-0.15, -0.1) is 16.4 Å². The Balaban J connectivity index is 1.63. The van der Waals surface area contributed by atoms with Crippen molar-refractivity contribution in [1.82, 2.24) is 14.6 Å². The van der Waals surface area contributed by atoms with Crippen LogP contribution in [0.4, 0.5) is 17.3 Å². The third-order valence-corrected chi connectivity index (χ3v) is 6.69. The molecule has 11 nitrogen and oxygen atoms in total. The van der Waals surface area contributed by atoms with Gasteiger partial charge in [0, 0.05) is 29.6 Å². The monoisotopic (exact) mass is 492 g/mol. The first-order chi connectivity index (χ1) is 15.1. The fourth-order valence-corrected chi connectivity index (χ4v) is 4.81. The Hall–Kier alpha value is -3.55. The van der Waals surface area contributed by atoms with Crippen LogP contribution in [0.2, 0.25) is 5.02 Å². The number of benzene rings is 2. The fraction of sp³-hybridized carbons (Fsp3) is 0.0556. The topological polar surface area (TPSA) is 149 Å². The molecule has 4 rings (SSSR count). The minimum absolute atomic E-state index is 0.177. The molecule has 2 heterocycles. The average Bonchev–Trinajstić information content (AvgIpc) is 3.28. The number of nitro groups is 1. The largest absolute Gasteiger partial charge is 0.326 e. The van der Waals surface area contributed by atoms with E-state index >= 15 is 0 Å². The van der Waals surface area contributed by atoms with Gasteiger partial charge in [-0.1, -0.05) is 23.7 Å². The van der Waals surface area contributed by atoms with Gasteiger partial charge in [0.05, 0.1) is 15.5 Å². The molecule has 0 spiro atoms. The molecule has 0 saturated heterocycles. The van der Waals surface area contributed by atoms with Crippen LogP contribution in [0.3, 0.4) is 0 Å². The summed E-state index contributed by atoms with van der Waals surface area (Å²) in [7, 11) is -4.19. The Morgan fingerprint density at radius 3 is 2.59 bits per heavy atom. The van der Waals surface area contributed by atoms with Gasteiger partial charge in [0.15, 0.2) is 0 Å². The number of amides is 1. The first-order valence-corrected chi connectivity index (χ1v) is 11.6. The summed E-state index contributed by atoms with van der Waals surface area (Å²) in [5.74, 6) is -0.375. The second-order valence-electron chi connectivity index (χ2n) is 6.49. The number of nitrogens with zero attached hydrogens (tertiary/aromatic N) is 4. The maximum atomic E-state index is 12.7. The van der Waals surface area contributed by atoms with E-state index in [1.807, 2.05) is 5.38 Å². The molecule has 0 radical (unpaired) electrons.